The number of likely N-dealkylation sites (tertiary alicyclic amines) is 2. The smallest absolute Gasteiger partial charge is 0.241 e. The van der Waals surface area contributed by atoms with Crippen molar-refractivity contribution in [2.24, 2.45) is 0 Å². The van der Waals surface area contributed by atoms with Crippen LogP contribution in [0.2, 0.25) is 0 Å². The number of nitrogens with one attached hydrogen (secondary N) is 1. The first-order valence-corrected chi connectivity index (χ1v) is 10.7. The molecule has 1 atom stereocenters. The Morgan fingerprint density at radius 2 is 1.72 bits per heavy atom. The summed E-state index contributed by atoms with van der Waals surface area (Å²) in [6.07, 6.45) is 4.39. The minimum atomic E-state index is -0.0645. The SMILES string of the molecule is CN1CCC(Oc2ccc(NC(=O)[C@@H]3CCCN3Cc3ccccc3)cc2)CC1. The maximum Gasteiger partial charge on any atom is 0.241 e. The molecule has 1 N–H and O–H groups in total. The standard InChI is InChI=1S/C24H31N3O2/c1-26-16-13-22(14-17-26)29-21-11-9-20(10-12-21)25-24(28)23-8-5-15-27(23)18-19-6-3-2-4-7-19/h2-4,6-7,9-12,22-23H,5,8,13-18H2,1H3,(H,25,28)/t23-/m0/s1. The number of hydrogen-bond donors (Lipinski definition) is 1. The Bertz CT molecular complexity index is 786. The summed E-state index contributed by atoms with van der Waals surface area (Å²) in [6, 6.07) is 18.1. The molecule has 2 aromatic carbocycles. The van der Waals surface area contributed by atoms with E-state index < -0.39 is 0 Å². The van der Waals surface area contributed by atoms with Gasteiger partial charge >= 0.3 is 0 Å². The van der Waals surface area contributed by atoms with Gasteiger partial charge in [-0.15, -0.1) is 0 Å². The van der Waals surface area contributed by atoms with Crippen LogP contribution in [-0.2, 0) is 11.3 Å². The number of ether oxygens (including phenoxy) is 1. The van der Waals surface area contributed by atoms with Crippen molar-refractivity contribution in [3.8, 4) is 5.75 Å². The van der Waals surface area contributed by atoms with Crippen LogP contribution < -0.4 is 10.1 Å². The van der Waals surface area contributed by atoms with Crippen molar-refractivity contribution in [2.75, 3.05) is 32.0 Å². The highest BCUT2D eigenvalue weighted by molar-refractivity contribution is 5.95. The Hall–Kier alpha value is -2.37. The quantitative estimate of drug-likeness (QED) is 0.812. The van der Waals surface area contributed by atoms with Crippen LogP contribution in [0.15, 0.2) is 54.6 Å². The topological polar surface area (TPSA) is 44.8 Å². The molecule has 0 radical (unpaired) electrons. The second-order valence-electron chi connectivity index (χ2n) is 8.25. The van der Waals surface area contributed by atoms with Gasteiger partial charge < -0.3 is 15.0 Å². The van der Waals surface area contributed by atoms with Gasteiger partial charge in [0.05, 0.1) is 6.04 Å². The van der Waals surface area contributed by atoms with Crippen molar-refractivity contribution in [1.82, 2.24) is 9.80 Å². The van der Waals surface area contributed by atoms with E-state index in [1.54, 1.807) is 0 Å². The fourth-order valence-electron chi connectivity index (χ4n) is 4.27. The van der Waals surface area contributed by atoms with Gasteiger partial charge in [0, 0.05) is 25.3 Å². The highest BCUT2D eigenvalue weighted by atomic mass is 16.5. The number of anilines is 1. The zero-order valence-electron chi connectivity index (χ0n) is 17.2. The van der Waals surface area contributed by atoms with Crippen molar-refractivity contribution in [3.63, 3.8) is 0 Å². The van der Waals surface area contributed by atoms with Gasteiger partial charge in [-0.2, -0.15) is 0 Å². The third-order valence-electron chi connectivity index (χ3n) is 5.98. The molecular formula is C24H31N3O2. The number of carbonyl (C=O) groups is 1. The van der Waals surface area contributed by atoms with Gasteiger partial charge in [-0.05, 0) is 69.1 Å². The molecule has 0 saturated carbocycles. The second-order valence-corrected chi connectivity index (χ2v) is 8.25. The molecule has 2 heterocycles. The number of rotatable bonds is 6. The predicted octanol–water partition coefficient (Wildman–Crippen LogP) is 3.76. The summed E-state index contributed by atoms with van der Waals surface area (Å²) in [7, 11) is 2.15. The van der Waals surface area contributed by atoms with Gasteiger partial charge in [-0.3, -0.25) is 9.69 Å². The van der Waals surface area contributed by atoms with E-state index in [4.69, 9.17) is 4.74 Å². The number of nitrogens with zero attached hydrogens (tertiary/aromatic N) is 2. The summed E-state index contributed by atoms with van der Waals surface area (Å²) in [6.45, 7) is 3.96. The zero-order valence-corrected chi connectivity index (χ0v) is 17.2. The largest absolute Gasteiger partial charge is 0.490 e. The Labute approximate surface area is 173 Å². The average Bonchev–Trinajstić information content (AvgIpc) is 3.20. The highest BCUT2D eigenvalue weighted by Crippen LogP contribution is 2.24. The molecule has 154 valence electrons. The van der Waals surface area contributed by atoms with Crippen LogP contribution in [-0.4, -0.2) is 54.5 Å². The van der Waals surface area contributed by atoms with E-state index in [0.29, 0.717) is 0 Å². The van der Waals surface area contributed by atoms with E-state index in [1.807, 2.05) is 30.3 Å². The molecule has 0 aromatic heterocycles. The molecule has 2 aliphatic heterocycles. The van der Waals surface area contributed by atoms with Crippen LogP contribution in [0.4, 0.5) is 5.69 Å². The van der Waals surface area contributed by atoms with Crippen LogP contribution in [0.3, 0.4) is 0 Å². The van der Waals surface area contributed by atoms with Crippen molar-refractivity contribution in [3.05, 3.63) is 60.2 Å². The molecule has 5 heteroatoms. The third-order valence-corrected chi connectivity index (χ3v) is 5.98. The molecule has 5 nitrogen and oxygen atoms in total. The van der Waals surface area contributed by atoms with Crippen molar-refractivity contribution in [2.45, 2.75) is 44.4 Å². The molecule has 2 aromatic rings. The number of carbonyl (C=O) groups excluding carboxylic acids is 1. The summed E-state index contributed by atoms with van der Waals surface area (Å²) in [5.74, 6) is 0.964. The molecule has 2 saturated heterocycles. The Morgan fingerprint density at radius 1 is 1.00 bits per heavy atom. The fourth-order valence-corrected chi connectivity index (χ4v) is 4.27. The molecule has 0 spiro atoms. The normalized spacial score (nSPS) is 21.2. The van der Waals surface area contributed by atoms with E-state index in [2.05, 4.69) is 46.4 Å². The lowest BCUT2D eigenvalue weighted by atomic mass is 10.1. The van der Waals surface area contributed by atoms with Gasteiger partial charge in [0.15, 0.2) is 0 Å². The van der Waals surface area contributed by atoms with E-state index in [0.717, 1.165) is 63.3 Å². The Morgan fingerprint density at radius 3 is 2.45 bits per heavy atom. The summed E-state index contributed by atoms with van der Waals surface area (Å²) >= 11 is 0. The Balaban J connectivity index is 1.30. The van der Waals surface area contributed by atoms with Crippen LogP contribution in [0.25, 0.3) is 0 Å². The molecule has 2 fully saturated rings. The molecule has 0 aliphatic carbocycles. The number of hydrogen-bond acceptors (Lipinski definition) is 4. The van der Waals surface area contributed by atoms with Gasteiger partial charge in [0.1, 0.15) is 11.9 Å². The fraction of sp³-hybridized carbons (Fsp3) is 0.458. The van der Waals surface area contributed by atoms with Gasteiger partial charge in [-0.25, -0.2) is 0 Å². The third kappa shape index (κ3) is 5.37. The molecule has 1 amide bonds. The van der Waals surface area contributed by atoms with Crippen LogP contribution >= 0.6 is 0 Å². The molecule has 0 unspecified atom stereocenters. The lowest BCUT2D eigenvalue weighted by Gasteiger charge is -2.29. The summed E-state index contributed by atoms with van der Waals surface area (Å²) < 4.78 is 6.10. The minimum Gasteiger partial charge on any atom is -0.490 e. The lowest BCUT2D eigenvalue weighted by molar-refractivity contribution is -0.120. The summed E-state index contributed by atoms with van der Waals surface area (Å²) in [5, 5.41) is 3.09. The second kappa shape index (κ2) is 9.42. The van der Waals surface area contributed by atoms with Gasteiger partial charge in [0.25, 0.3) is 0 Å². The van der Waals surface area contributed by atoms with E-state index in [1.165, 1.54) is 5.56 Å². The average molecular weight is 394 g/mol. The molecule has 29 heavy (non-hydrogen) atoms. The van der Waals surface area contributed by atoms with Crippen LogP contribution in [0.5, 0.6) is 5.75 Å². The number of amides is 1. The Kier molecular flexibility index (Phi) is 6.47. The highest BCUT2D eigenvalue weighted by Gasteiger charge is 2.30. The number of benzene rings is 2. The predicted molar refractivity (Wildman–Crippen MR) is 116 cm³/mol. The van der Waals surface area contributed by atoms with E-state index >= 15 is 0 Å². The minimum absolute atomic E-state index is 0.0645. The van der Waals surface area contributed by atoms with Crippen molar-refractivity contribution >= 4 is 11.6 Å². The molecule has 2 aliphatic rings. The maximum absolute atomic E-state index is 12.9. The van der Waals surface area contributed by atoms with Gasteiger partial charge in [-0.1, -0.05) is 30.3 Å². The van der Waals surface area contributed by atoms with Gasteiger partial charge in [0.2, 0.25) is 5.91 Å². The first-order valence-electron chi connectivity index (χ1n) is 10.7. The first-order chi connectivity index (χ1) is 14.2. The summed E-state index contributed by atoms with van der Waals surface area (Å²) in [5.41, 5.74) is 2.08. The van der Waals surface area contributed by atoms with Crippen molar-refractivity contribution < 1.29 is 9.53 Å². The lowest BCUT2D eigenvalue weighted by Crippen LogP contribution is -2.39. The number of piperidine rings is 1. The van der Waals surface area contributed by atoms with Crippen LogP contribution in [0, 0.1) is 0 Å². The van der Waals surface area contributed by atoms with E-state index in [9.17, 15) is 4.79 Å². The van der Waals surface area contributed by atoms with Crippen LogP contribution in [0.1, 0.15) is 31.2 Å². The molecule has 0 bridgehead atoms. The van der Waals surface area contributed by atoms with E-state index in [-0.39, 0.29) is 18.1 Å². The van der Waals surface area contributed by atoms with Crippen molar-refractivity contribution in [1.29, 1.82) is 0 Å². The summed E-state index contributed by atoms with van der Waals surface area (Å²) in [4.78, 5) is 17.5. The first kappa shape index (κ1) is 19.9. The zero-order chi connectivity index (χ0) is 20.1. The maximum atomic E-state index is 12.9. The molecule has 4 rings (SSSR count). The molecular weight excluding hydrogens is 362 g/mol. The monoisotopic (exact) mass is 393 g/mol.